The lowest BCUT2D eigenvalue weighted by Gasteiger charge is -2.20. The molecule has 1 unspecified atom stereocenters. The summed E-state index contributed by atoms with van der Waals surface area (Å²) in [6.45, 7) is 11.6. The number of Topliss-reactive ketones (excluding diaryl/α,β-unsaturated/α-hetero) is 1. The molecule has 0 aliphatic carbocycles. The Bertz CT molecular complexity index is 124. The third-order valence-electron chi connectivity index (χ3n) is 1.52. The van der Waals surface area contributed by atoms with Crippen LogP contribution >= 0.6 is 0 Å². The Morgan fingerprint density at radius 2 is 1.67 bits per heavy atom. The van der Waals surface area contributed by atoms with Crippen molar-refractivity contribution < 1.29 is 4.79 Å². The number of hydrogen-bond donors (Lipinski definition) is 1. The zero-order valence-electron chi connectivity index (χ0n) is 9.27. The Morgan fingerprint density at radius 1 is 1.33 bits per heavy atom. The van der Waals surface area contributed by atoms with Crippen LogP contribution in [0.3, 0.4) is 0 Å². The second kappa shape index (κ2) is 6.18. The lowest BCUT2D eigenvalue weighted by Crippen LogP contribution is -2.38. The smallest absolute Gasteiger partial charge is 0.154 e. The van der Waals surface area contributed by atoms with Crippen molar-refractivity contribution in [3.05, 3.63) is 0 Å². The topological polar surface area (TPSA) is 43.1 Å². The van der Waals surface area contributed by atoms with Gasteiger partial charge in [0.25, 0.3) is 0 Å². The molecule has 0 fully saturated rings. The van der Waals surface area contributed by atoms with E-state index >= 15 is 0 Å². The van der Waals surface area contributed by atoms with Crippen LogP contribution in [0.4, 0.5) is 0 Å². The second-order valence-electron chi connectivity index (χ2n) is 3.63. The molecule has 0 spiro atoms. The maximum Gasteiger partial charge on any atom is 0.154 e. The summed E-state index contributed by atoms with van der Waals surface area (Å²) in [6.07, 6.45) is 0.732. The van der Waals surface area contributed by atoms with Gasteiger partial charge >= 0.3 is 0 Å². The first-order chi connectivity index (χ1) is 5.39. The molecular weight excluding hydrogens is 150 g/mol. The molecule has 0 saturated carbocycles. The molecular formula is C10H23NO. The summed E-state index contributed by atoms with van der Waals surface area (Å²) in [4.78, 5) is 11.3. The van der Waals surface area contributed by atoms with Crippen LogP contribution in [0.15, 0.2) is 0 Å². The van der Waals surface area contributed by atoms with Crippen LogP contribution in [0.1, 0.15) is 48.0 Å². The molecule has 0 amide bonds. The van der Waals surface area contributed by atoms with E-state index in [0.29, 0.717) is 0 Å². The van der Waals surface area contributed by atoms with Crippen LogP contribution in [0.2, 0.25) is 0 Å². The maximum atomic E-state index is 11.3. The molecule has 0 radical (unpaired) electrons. The van der Waals surface area contributed by atoms with E-state index in [4.69, 9.17) is 5.73 Å². The van der Waals surface area contributed by atoms with Crippen molar-refractivity contribution >= 4 is 5.78 Å². The number of carbonyl (C=O) groups excluding carboxylic acids is 1. The molecule has 0 aromatic carbocycles. The molecule has 0 rings (SSSR count). The summed E-state index contributed by atoms with van der Waals surface area (Å²) in [6, 6.07) is -0.278. The van der Waals surface area contributed by atoms with Gasteiger partial charge in [0.15, 0.2) is 5.78 Å². The average molecular weight is 173 g/mol. The van der Waals surface area contributed by atoms with Gasteiger partial charge in [0.05, 0.1) is 6.04 Å². The molecule has 12 heavy (non-hydrogen) atoms. The third-order valence-corrected chi connectivity index (χ3v) is 1.52. The van der Waals surface area contributed by atoms with Crippen LogP contribution in [-0.4, -0.2) is 11.8 Å². The second-order valence-corrected chi connectivity index (χ2v) is 3.63. The van der Waals surface area contributed by atoms with Crippen molar-refractivity contribution in [2.45, 2.75) is 54.0 Å². The Balaban J connectivity index is 0. The van der Waals surface area contributed by atoms with E-state index in [2.05, 4.69) is 0 Å². The molecule has 1 atom stereocenters. The van der Waals surface area contributed by atoms with Crippen LogP contribution in [-0.2, 0) is 4.79 Å². The maximum absolute atomic E-state index is 11.3. The fraction of sp³-hybridized carbons (Fsp3) is 0.900. The minimum absolute atomic E-state index is 0.148. The molecule has 0 aliphatic rings. The Hall–Kier alpha value is -0.370. The van der Waals surface area contributed by atoms with Gasteiger partial charge in [-0.25, -0.2) is 0 Å². The van der Waals surface area contributed by atoms with Crippen molar-refractivity contribution in [1.82, 2.24) is 0 Å². The lowest BCUT2D eigenvalue weighted by atomic mass is 9.86. The van der Waals surface area contributed by atoms with Crippen molar-refractivity contribution in [2.24, 2.45) is 11.1 Å². The fourth-order valence-electron chi connectivity index (χ4n) is 0.742. The minimum atomic E-state index is -0.282. The van der Waals surface area contributed by atoms with Gasteiger partial charge in [-0.3, -0.25) is 4.79 Å². The standard InChI is InChI=1S/C8H17NO.C2H6/c1-5-6(9)7(10)8(2,3)4;1-2/h6H,5,9H2,1-4H3;1-2H3. The monoisotopic (exact) mass is 173 g/mol. The lowest BCUT2D eigenvalue weighted by molar-refractivity contribution is -0.127. The molecule has 0 aromatic rings. The predicted octanol–water partition coefficient (Wildman–Crippen LogP) is 2.37. The highest BCUT2D eigenvalue weighted by Gasteiger charge is 2.25. The van der Waals surface area contributed by atoms with Gasteiger partial charge in [-0.2, -0.15) is 0 Å². The molecule has 0 saturated heterocycles. The van der Waals surface area contributed by atoms with E-state index in [9.17, 15) is 4.79 Å². The molecule has 0 bridgehead atoms. The quantitative estimate of drug-likeness (QED) is 0.696. The zero-order valence-corrected chi connectivity index (χ0v) is 9.27. The molecule has 0 aromatic heterocycles. The first kappa shape index (κ1) is 14.2. The van der Waals surface area contributed by atoms with Gasteiger partial charge in [-0.05, 0) is 6.42 Å². The highest BCUT2D eigenvalue weighted by Crippen LogP contribution is 2.16. The molecule has 0 heterocycles. The predicted molar refractivity (Wildman–Crippen MR) is 54.1 cm³/mol. The molecule has 2 nitrogen and oxygen atoms in total. The molecule has 74 valence electrons. The summed E-state index contributed by atoms with van der Waals surface area (Å²) in [5, 5.41) is 0. The van der Waals surface area contributed by atoms with E-state index < -0.39 is 0 Å². The van der Waals surface area contributed by atoms with Crippen molar-refractivity contribution in [2.75, 3.05) is 0 Å². The Labute approximate surface area is 76.5 Å². The summed E-state index contributed by atoms with van der Waals surface area (Å²) >= 11 is 0. The number of ketones is 1. The van der Waals surface area contributed by atoms with E-state index in [0.717, 1.165) is 6.42 Å². The highest BCUT2D eigenvalue weighted by atomic mass is 16.1. The highest BCUT2D eigenvalue weighted by molar-refractivity contribution is 5.88. The fourth-order valence-corrected chi connectivity index (χ4v) is 0.742. The van der Waals surface area contributed by atoms with E-state index in [1.54, 1.807) is 0 Å². The van der Waals surface area contributed by atoms with Gasteiger partial charge < -0.3 is 5.73 Å². The summed E-state index contributed by atoms with van der Waals surface area (Å²) in [7, 11) is 0. The molecule has 2 N–H and O–H groups in total. The first-order valence-corrected chi connectivity index (χ1v) is 4.69. The van der Waals surface area contributed by atoms with Crippen LogP contribution in [0.25, 0.3) is 0 Å². The van der Waals surface area contributed by atoms with Gasteiger partial charge in [0, 0.05) is 5.41 Å². The molecule has 2 heteroatoms. The van der Waals surface area contributed by atoms with Crippen molar-refractivity contribution in [3.8, 4) is 0 Å². The summed E-state index contributed by atoms with van der Waals surface area (Å²) < 4.78 is 0. The van der Waals surface area contributed by atoms with Crippen LogP contribution in [0, 0.1) is 5.41 Å². The van der Waals surface area contributed by atoms with Crippen LogP contribution < -0.4 is 5.73 Å². The van der Waals surface area contributed by atoms with Crippen molar-refractivity contribution in [1.29, 1.82) is 0 Å². The largest absolute Gasteiger partial charge is 0.321 e. The normalized spacial score (nSPS) is 12.9. The van der Waals surface area contributed by atoms with E-state index in [-0.39, 0.29) is 17.2 Å². The van der Waals surface area contributed by atoms with Crippen molar-refractivity contribution in [3.63, 3.8) is 0 Å². The molecule has 0 aliphatic heterocycles. The summed E-state index contributed by atoms with van der Waals surface area (Å²) in [5.74, 6) is 0.148. The van der Waals surface area contributed by atoms with Gasteiger partial charge in [-0.1, -0.05) is 41.5 Å². The number of carbonyl (C=O) groups is 1. The van der Waals surface area contributed by atoms with E-state index in [1.807, 2.05) is 41.5 Å². The van der Waals surface area contributed by atoms with Crippen LogP contribution in [0.5, 0.6) is 0 Å². The first-order valence-electron chi connectivity index (χ1n) is 4.69. The zero-order chi connectivity index (χ0) is 10.4. The number of rotatable bonds is 2. The summed E-state index contributed by atoms with van der Waals surface area (Å²) in [5.41, 5.74) is 5.27. The minimum Gasteiger partial charge on any atom is -0.321 e. The average Bonchev–Trinajstić information content (AvgIpc) is 2.04. The SMILES string of the molecule is CC.CCC(N)C(=O)C(C)(C)C. The Morgan fingerprint density at radius 3 is 1.75 bits per heavy atom. The van der Waals surface area contributed by atoms with E-state index in [1.165, 1.54) is 0 Å². The third kappa shape index (κ3) is 5.30. The van der Waals surface area contributed by atoms with Gasteiger partial charge in [0.1, 0.15) is 0 Å². The number of nitrogens with two attached hydrogens (primary N) is 1. The van der Waals surface area contributed by atoms with Gasteiger partial charge in [-0.15, -0.1) is 0 Å². The number of hydrogen-bond acceptors (Lipinski definition) is 2. The Kier molecular flexibility index (Phi) is 7.30. The van der Waals surface area contributed by atoms with Gasteiger partial charge in [0.2, 0.25) is 0 Å².